The maximum Gasteiger partial charge on any atom is 0.263 e. The average Bonchev–Trinajstić information content (AvgIpc) is 2.52. The van der Waals surface area contributed by atoms with E-state index >= 15 is 0 Å². The Kier molecular flexibility index (Phi) is 1.69. The van der Waals surface area contributed by atoms with Crippen LogP contribution in [-0.4, -0.2) is 14.5 Å². The van der Waals surface area contributed by atoms with E-state index in [4.69, 9.17) is 0 Å². The average molecular weight is 177 g/mol. The van der Waals surface area contributed by atoms with Gasteiger partial charge in [0.1, 0.15) is 12.0 Å². The standard InChI is InChI=1S/C9H11N3O/c1-6(2)12-5-11-8-7(9(12)13)3-4-10-8/h3-6,10H,1-2H3. The Bertz CT molecular complexity index is 481. The van der Waals surface area contributed by atoms with E-state index < -0.39 is 0 Å². The summed E-state index contributed by atoms with van der Waals surface area (Å²) in [4.78, 5) is 18.8. The molecule has 2 heterocycles. The van der Waals surface area contributed by atoms with Crippen molar-refractivity contribution < 1.29 is 0 Å². The third-order valence-electron chi connectivity index (χ3n) is 2.06. The molecule has 0 unspecified atom stereocenters. The zero-order chi connectivity index (χ0) is 9.42. The van der Waals surface area contributed by atoms with Crippen LogP contribution in [0.25, 0.3) is 11.0 Å². The summed E-state index contributed by atoms with van der Waals surface area (Å²) in [6.07, 6.45) is 3.30. The number of fused-ring (bicyclic) bond motifs is 1. The van der Waals surface area contributed by atoms with E-state index in [-0.39, 0.29) is 11.6 Å². The molecular weight excluding hydrogens is 166 g/mol. The van der Waals surface area contributed by atoms with Crippen LogP contribution in [-0.2, 0) is 0 Å². The van der Waals surface area contributed by atoms with E-state index in [1.165, 1.54) is 0 Å². The molecule has 0 saturated carbocycles. The molecule has 0 spiro atoms. The summed E-state index contributed by atoms with van der Waals surface area (Å²) in [5, 5.41) is 0.649. The molecule has 0 amide bonds. The number of hydrogen-bond acceptors (Lipinski definition) is 2. The highest BCUT2D eigenvalue weighted by atomic mass is 16.1. The monoisotopic (exact) mass is 177 g/mol. The van der Waals surface area contributed by atoms with Crippen LogP contribution in [0.5, 0.6) is 0 Å². The van der Waals surface area contributed by atoms with Gasteiger partial charge in [0, 0.05) is 12.2 Å². The van der Waals surface area contributed by atoms with Crippen LogP contribution < -0.4 is 5.56 Å². The molecule has 2 aromatic heterocycles. The van der Waals surface area contributed by atoms with Gasteiger partial charge in [-0.2, -0.15) is 0 Å². The molecule has 0 atom stereocenters. The molecule has 0 fully saturated rings. The fourth-order valence-electron chi connectivity index (χ4n) is 1.32. The van der Waals surface area contributed by atoms with Crippen LogP contribution in [0.2, 0.25) is 0 Å². The van der Waals surface area contributed by atoms with E-state index in [2.05, 4.69) is 9.97 Å². The summed E-state index contributed by atoms with van der Waals surface area (Å²) >= 11 is 0. The predicted octanol–water partition coefficient (Wildman–Crippen LogP) is 1.31. The second kappa shape index (κ2) is 2.73. The molecule has 1 N–H and O–H groups in total. The minimum absolute atomic E-state index is 0.0150. The van der Waals surface area contributed by atoms with Crippen LogP contribution in [0.15, 0.2) is 23.4 Å². The quantitative estimate of drug-likeness (QED) is 0.713. The zero-order valence-corrected chi connectivity index (χ0v) is 7.61. The molecule has 4 nitrogen and oxygen atoms in total. The van der Waals surface area contributed by atoms with Crippen molar-refractivity contribution in [3.8, 4) is 0 Å². The number of nitrogens with zero attached hydrogens (tertiary/aromatic N) is 2. The van der Waals surface area contributed by atoms with E-state index in [0.717, 1.165) is 0 Å². The van der Waals surface area contributed by atoms with Crippen LogP contribution in [0, 0.1) is 0 Å². The summed E-state index contributed by atoms with van der Waals surface area (Å²) in [5.74, 6) is 0. The SMILES string of the molecule is CC(C)n1cnc2[nH]ccc2c1=O. The molecule has 0 aliphatic rings. The Balaban J connectivity index is 2.81. The van der Waals surface area contributed by atoms with Crippen LogP contribution in [0.3, 0.4) is 0 Å². The lowest BCUT2D eigenvalue weighted by molar-refractivity contribution is 0.573. The van der Waals surface area contributed by atoms with Gasteiger partial charge in [-0.3, -0.25) is 9.36 Å². The van der Waals surface area contributed by atoms with Crippen LogP contribution >= 0.6 is 0 Å². The molecule has 68 valence electrons. The third kappa shape index (κ3) is 1.14. The van der Waals surface area contributed by atoms with Gasteiger partial charge in [-0.05, 0) is 19.9 Å². The van der Waals surface area contributed by atoms with Gasteiger partial charge in [-0.25, -0.2) is 4.98 Å². The summed E-state index contributed by atoms with van der Waals surface area (Å²) in [7, 11) is 0. The maximum absolute atomic E-state index is 11.7. The first-order chi connectivity index (χ1) is 6.20. The first-order valence-electron chi connectivity index (χ1n) is 4.24. The number of hydrogen-bond donors (Lipinski definition) is 1. The summed E-state index contributed by atoms with van der Waals surface area (Å²) in [6.45, 7) is 3.92. The van der Waals surface area contributed by atoms with Crippen molar-refractivity contribution >= 4 is 11.0 Å². The van der Waals surface area contributed by atoms with Gasteiger partial charge >= 0.3 is 0 Å². The highest BCUT2D eigenvalue weighted by Gasteiger charge is 2.05. The Morgan fingerprint density at radius 2 is 2.31 bits per heavy atom. The number of rotatable bonds is 1. The molecule has 13 heavy (non-hydrogen) atoms. The normalized spacial score (nSPS) is 11.3. The van der Waals surface area contributed by atoms with Crippen molar-refractivity contribution in [2.24, 2.45) is 0 Å². The molecule has 0 bridgehead atoms. The molecular formula is C9H11N3O. The predicted molar refractivity (Wildman–Crippen MR) is 50.7 cm³/mol. The smallest absolute Gasteiger partial charge is 0.263 e. The minimum atomic E-state index is 0.0150. The highest BCUT2D eigenvalue weighted by molar-refractivity contribution is 5.73. The van der Waals surface area contributed by atoms with Gasteiger partial charge < -0.3 is 4.98 Å². The van der Waals surface area contributed by atoms with Gasteiger partial charge in [-0.15, -0.1) is 0 Å². The van der Waals surface area contributed by atoms with Gasteiger partial charge in [0.05, 0.1) is 5.39 Å². The van der Waals surface area contributed by atoms with Crippen LogP contribution in [0.1, 0.15) is 19.9 Å². The second-order valence-corrected chi connectivity index (χ2v) is 3.29. The van der Waals surface area contributed by atoms with Gasteiger partial charge in [0.25, 0.3) is 5.56 Å². The number of H-pyrrole nitrogens is 1. The number of nitrogens with one attached hydrogen (secondary N) is 1. The fourth-order valence-corrected chi connectivity index (χ4v) is 1.32. The molecule has 2 rings (SSSR count). The third-order valence-corrected chi connectivity index (χ3v) is 2.06. The van der Waals surface area contributed by atoms with Crippen LogP contribution in [0.4, 0.5) is 0 Å². The zero-order valence-electron chi connectivity index (χ0n) is 7.61. The van der Waals surface area contributed by atoms with Crippen molar-refractivity contribution in [2.45, 2.75) is 19.9 Å². The van der Waals surface area contributed by atoms with Crippen molar-refractivity contribution in [1.82, 2.24) is 14.5 Å². The largest absolute Gasteiger partial charge is 0.346 e. The maximum atomic E-state index is 11.7. The van der Waals surface area contributed by atoms with Crippen molar-refractivity contribution in [1.29, 1.82) is 0 Å². The van der Waals surface area contributed by atoms with E-state index in [0.29, 0.717) is 11.0 Å². The number of aromatic nitrogens is 3. The topological polar surface area (TPSA) is 50.7 Å². The lowest BCUT2D eigenvalue weighted by Crippen LogP contribution is -2.21. The second-order valence-electron chi connectivity index (χ2n) is 3.29. The van der Waals surface area contributed by atoms with Gasteiger partial charge in [0.15, 0.2) is 0 Å². The van der Waals surface area contributed by atoms with E-state index in [9.17, 15) is 4.79 Å². The Hall–Kier alpha value is -1.58. The molecule has 2 aromatic rings. The molecule has 0 radical (unpaired) electrons. The Labute approximate surface area is 75.2 Å². The Morgan fingerprint density at radius 3 is 3.00 bits per heavy atom. The van der Waals surface area contributed by atoms with Crippen molar-refractivity contribution in [2.75, 3.05) is 0 Å². The highest BCUT2D eigenvalue weighted by Crippen LogP contribution is 2.05. The number of aromatic amines is 1. The lowest BCUT2D eigenvalue weighted by atomic mass is 10.3. The molecule has 0 saturated heterocycles. The first kappa shape index (κ1) is 8.04. The van der Waals surface area contributed by atoms with Crippen molar-refractivity contribution in [3.05, 3.63) is 28.9 Å². The molecule has 4 heteroatoms. The Morgan fingerprint density at radius 1 is 1.54 bits per heavy atom. The molecule has 0 aliphatic heterocycles. The summed E-state index contributed by atoms with van der Waals surface area (Å²) in [6, 6.07) is 1.91. The summed E-state index contributed by atoms with van der Waals surface area (Å²) < 4.78 is 1.62. The summed E-state index contributed by atoms with van der Waals surface area (Å²) in [5.41, 5.74) is 0.670. The van der Waals surface area contributed by atoms with Crippen molar-refractivity contribution in [3.63, 3.8) is 0 Å². The van der Waals surface area contributed by atoms with E-state index in [1.54, 1.807) is 23.2 Å². The van der Waals surface area contributed by atoms with Gasteiger partial charge in [0.2, 0.25) is 0 Å². The van der Waals surface area contributed by atoms with Gasteiger partial charge in [-0.1, -0.05) is 0 Å². The minimum Gasteiger partial charge on any atom is -0.346 e. The first-order valence-corrected chi connectivity index (χ1v) is 4.24. The van der Waals surface area contributed by atoms with E-state index in [1.807, 2.05) is 13.8 Å². The molecule has 0 aromatic carbocycles. The molecule has 0 aliphatic carbocycles. The lowest BCUT2D eigenvalue weighted by Gasteiger charge is -2.07. The fraction of sp³-hybridized carbons (Fsp3) is 0.333.